The molecule has 0 fully saturated rings. The molecule has 0 amide bonds. The number of hydrogen-bond acceptors (Lipinski definition) is 4. The van der Waals surface area contributed by atoms with Crippen molar-refractivity contribution in [3.8, 4) is 22.8 Å². The minimum Gasteiger partial charge on any atom is -0.508 e. The van der Waals surface area contributed by atoms with Crippen LogP contribution in [0.1, 0.15) is 5.56 Å². The first-order chi connectivity index (χ1) is 9.67. The topological polar surface area (TPSA) is 79.6 Å². The van der Waals surface area contributed by atoms with Gasteiger partial charge in [-0.25, -0.2) is 0 Å². The number of benzene rings is 2. The van der Waals surface area contributed by atoms with E-state index >= 15 is 0 Å². The molecular weight excluding hydrogens is 254 g/mol. The third-order valence-electron chi connectivity index (χ3n) is 3.06. The zero-order chi connectivity index (χ0) is 14.1. The third kappa shape index (κ3) is 2.07. The van der Waals surface area contributed by atoms with Crippen molar-refractivity contribution < 1.29 is 14.6 Å². The maximum Gasteiger partial charge on any atom is 0.142 e. The Labute approximate surface area is 115 Å². The van der Waals surface area contributed by atoms with Crippen molar-refractivity contribution in [2.45, 2.75) is 0 Å². The van der Waals surface area contributed by atoms with Gasteiger partial charge in [0.25, 0.3) is 0 Å². The van der Waals surface area contributed by atoms with Crippen LogP contribution in [0.2, 0.25) is 0 Å². The Bertz CT molecular complexity index is 785. The van der Waals surface area contributed by atoms with E-state index in [9.17, 15) is 10.2 Å². The van der Waals surface area contributed by atoms with Gasteiger partial charge in [0.2, 0.25) is 0 Å². The van der Waals surface area contributed by atoms with Crippen LogP contribution in [0.25, 0.3) is 28.4 Å². The number of furan rings is 1. The predicted octanol–water partition coefficient (Wildman–Crippen LogP) is 3.44. The number of fused-ring (bicyclic) bond motifs is 1. The fraction of sp³-hybridized carbons (Fsp3) is 0. The molecule has 0 atom stereocenters. The van der Waals surface area contributed by atoms with Crippen molar-refractivity contribution in [1.29, 1.82) is 0 Å². The molecule has 2 aromatic carbocycles. The molecule has 0 bridgehead atoms. The molecule has 3 rings (SSSR count). The summed E-state index contributed by atoms with van der Waals surface area (Å²) in [5.41, 5.74) is 7.63. The molecule has 0 radical (unpaired) electrons. The predicted molar refractivity (Wildman–Crippen MR) is 78.2 cm³/mol. The van der Waals surface area contributed by atoms with Gasteiger partial charge in [-0.15, -0.1) is 0 Å². The van der Waals surface area contributed by atoms with Crippen molar-refractivity contribution in [2.75, 3.05) is 0 Å². The summed E-state index contributed by atoms with van der Waals surface area (Å²) in [5, 5.41) is 19.8. The zero-order valence-electron chi connectivity index (χ0n) is 10.6. The molecular formula is C16H13NO3. The van der Waals surface area contributed by atoms with Crippen LogP contribution in [-0.2, 0) is 0 Å². The van der Waals surface area contributed by atoms with Gasteiger partial charge in [-0.1, -0.05) is 0 Å². The van der Waals surface area contributed by atoms with Crippen molar-refractivity contribution >= 4 is 17.0 Å². The van der Waals surface area contributed by atoms with Crippen LogP contribution in [-0.4, -0.2) is 10.2 Å². The van der Waals surface area contributed by atoms with Crippen LogP contribution >= 0.6 is 0 Å². The fourth-order valence-corrected chi connectivity index (χ4v) is 2.16. The second-order valence-electron chi connectivity index (χ2n) is 4.47. The Hall–Kier alpha value is -2.88. The van der Waals surface area contributed by atoms with Gasteiger partial charge in [-0.2, -0.15) is 0 Å². The minimum atomic E-state index is 0.156. The number of rotatable bonds is 2. The molecule has 1 heterocycles. The monoisotopic (exact) mass is 267 g/mol. The van der Waals surface area contributed by atoms with Gasteiger partial charge in [-0.05, 0) is 54.7 Å². The Morgan fingerprint density at radius 2 is 1.70 bits per heavy atom. The highest BCUT2D eigenvalue weighted by Gasteiger charge is 2.10. The van der Waals surface area contributed by atoms with E-state index < -0.39 is 0 Å². The fourth-order valence-electron chi connectivity index (χ4n) is 2.16. The van der Waals surface area contributed by atoms with Gasteiger partial charge in [0.05, 0.1) is 0 Å². The van der Waals surface area contributed by atoms with E-state index in [1.54, 1.807) is 42.5 Å². The highest BCUT2D eigenvalue weighted by atomic mass is 16.3. The van der Waals surface area contributed by atoms with Crippen molar-refractivity contribution in [2.24, 2.45) is 5.73 Å². The third-order valence-corrected chi connectivity index (χ3v) is 3.06. The summed E-state index contributed by atoms with van der Waals surface area (Å²) in [6, 6.07) is 11.8. The lowest BCUT2D eigenvalue weighted by Crippen LogP contribution is -1.79. The highest BCUT2D eigenvalue weighted by Crippen LogP contribution is 2.33. The number of nitrogens with two attached hydrogens (primary N) is 1. The number of aromatic hydroxyl groups is 2. The zero-order valence-corrected chi connectivity index (χ0v) is 10.6. The van der Waals surface area contributed by atoms with Gasteiger partial charge < -0.3 is 20.4 Å². The van der Waals surface area contributed by atoms with E-state index in [1.807, 2.05) is 6.07 Å². The molecule has 0 spiro atoms. The summed E-state index contributed by atoms with van der Waals surface area (Å²) in [6.07, 6.45) is 3.07. The van der Waals surface area contributed by atoms with Crippen molar-refractivity contribution in [3.63, 3.8) is 0 Å². The molecule has 4 N–H and O–H groups in total. The Morgan fingerprint density at radius 3 is 2.40 bits per heavy atom. The van der Waals surface area contributed by atoms with Gasteiger partial charge in [0.15, 0.2) is 0 Å². The number of hydrogen-bond donors (Lipinski definition) is 3. The molecule has 100 valence electrons. The summed E-state index contributed by atoms with van der Waals surface area (Å²) < 4.78 is 5.83. The first-order valence-corrected chi connectivity index (χ1v) is 6.11. The lowest BCUT2D eigenvalue weighted by molar-refractivity contribution is 0.475. The van der Waals surface area contributed by atoms with Crippen LogP contribution < -0.4 is 5.73 Å². The van der Waals surface area contributed by atoms with Gasteiger partial charge in [-0.3, -0.25) is 0 Å². The van der Waals surface area contributed by atoms with Crippen LogP contribution in [0.15, 0.2) is 53.1 Å². The second kappa shape index (κ2) is 4.66. The molecule has 3 aromatic rings. The summed E-state index contributed by atoms with van der Waals surface area (Å²) in [6.45, 7) is 0. The van der Waals surface area contributed by atoms with Gasteiger partial charge in [0.1, 0.15) is 22.8 Å². The minimum absolute atomic E-state index is 0.156. The smallest absolute Gasteiger partial charge is 0.142 e. The standard InChI is InChI=1S/C16H13NO3/c17-6-5-11-7-14(19)8-12-9-15(20-16(11)12)10-1-3-13(18)4-2-10/h1-9,18-19H,17H2/b6-5+. The quantitative estimate of drug-likeness (QED) is 0.664. The van der Waals surface area contributed by atoms with Crippen molar-refractivity contribution in [1.82, 2.24) is 0 Å². The molecule has 20 heavy (non-hydrogen) atoms. The molecule has 4 nitrogen and oxygen atoms in total. The molecule has 0 saturated heterocycles. The maximum atomic E-state index is 9.70. The summed E-state index contributed by atoms with van der Waals surface area (Å²) in [4.78, 5) is 0. The highest BCUT2D eigenvalue weighted by molar-refractivity contribution is 5.90. The van der Waals surface area contributed by atoms with E-state index in [0.29, 0.717) is 16.9 Å². The molecule has 0 aliphatic rings. The first-order valence-electron chi connectivity index (χ1n) is 6.11. The summed E-state index contributed by atoms with van der Waals surface area (Å²) in [7, 11) is 0. The molecule has 0 saturated carbocycles. The summed E-state index contributed by atoms with van der Waals surface area (Å²) >= 11 is 0. The average Bonchev–Trinajstić information content (AvgIpc) is 2.83. The SMILES string of the molecule is N/C=C/c1cc(O)cc2cc(-c3ccc(O)cc3)oc12. The van der Waals surface area contributed by atoms with E-state index in [-0.39, 0.29) is 11.5 Å². The molecule has 0 unspecified atom stereocenters. The lowest BCUT2D eigenvalue weighted by Gasteiger charge is -1.98. The molecule has 0 aliphatic carbocycles. The van der Waals surface area contributed by atoms with Gasteiger partial charge >= 0.3 is 0 Å². The first kappa shape index (κ1) is 12.2. The van der Waals surface area contributed by atoms with Crippen LogP contribution in [0.3, 0.4) is 0 Å². The molecule has 4 heteroatoms. The molecule has 1 aromatic heterocycles. The van der Waals surface area contributed by atoms with Crippen LogP contribution in [0, 0.1) is 0 Å². The van der Waals surface area contributed by atoms with Crippen molar-refractivity contribution in [3.05, 3.63) is 54.2 Å². The van der Waals surface area contributed by atoms with E-state index in [1.165, 1.54) is 6.20 Å². The molecule has 0 aliphatic heterocycles. The number of phenolic OH excluding ortho intramolecular Hbond substituents is 2. The van der Waals surface area contributed by atoms with E-state index in [4.69, 9.17) is 10.2 Å². The largest absolute Gasteiger partial charge is 0.508 e. The lowest BCUT2D eigenvalue weighted by atomic mass is 10.1. The van der Waals surface area contributed by atoms with Gasteiger partial charge in [0, 0.05) is 16.5 Å². The number of phenols is 2. The van der Waals surface area contributed by atoms with E-state index in [0.717, 1.165) is 10.9 Å². The second-order valence-corrected chi connectivity index (χ2v) is 4.47. The maximum absolute atomic E-state index is 9.70. The normalized spacial score (nSPS) is 11.4. The Balaban J connectivity index is 2.19. The average molecular weight is 267 g/mol. The summed E-state index contributed by atoms with van der Waals surface area (Å²) in [5.74, 6) is 1.02. The van der Waals surface area contributed by atoms with Crippen LogP contribution in [0.5, 0.6) is 11.5 Å². The van der Waals surface area contributed by atoms with E-state index in [2.05, 4.69) is 0 Å². The Morgan fingerprint density at radius 1 is 0.950 bits per heavy atom. The van der Waals surface area contributed by atoms with Crippen LogP contribution in [0.4, 0.5) is 0 Å². The Kier molecular flexibility index (Phi) is 2.84.